The molecule has 0 aliphatic rings. The molecular formula is C36H26S2. The molecule has 0 saturated carbocycles. The first-order chi connectivity index (χ1) is 18.7. The van der Waals surface area contributed by atoms with E-state index in [4.69, 9.17) is 0 Å². The van der Waals surface area contributed by atoms with Crippen molar-refractivity contribution < 1.29 is 0 Å². The van der Waals surface area contributed by atoms with E-state index >= 15 is 0 Å². The highest BCUT2D eigenvalue weighted by atomic mass is 32.2. The second-order valence-corrected chi connectivity index (χ2v) is 11.5. The quantitative estimate of drug-likeness (QED) is 0.166. The smallest absolute Gasteiger partial charge is 0.00695 e. The number of benzene rings is 7. The number of hydrogen-bond acceptors (Lipinski definition) is 2. The fraction of sp³-hybridized carbons (Fsp3) is 0.0556. The lowest BCUT2D eigenvalue weighted by molar-refractivity contribution is 1.46. The number of thioether (sulfide) groups is 2. The third-order valence-corrected chi connectivity index (χ3v) is 9.16. The van der Waals surface area contributed by atoms with E-state index in [-0.39, 0.29) is 0 Å². The van der Waals surface area contributed by atoms with Crippen molar-refractivity contribution in [1.29, 1.82) is 0 Å². The summed E-state index contributed by atoms with van der Waals surface area (Å²) in [5, 5.41) is 10.4. The molecular weight excluding hydrogens is 497 g/mol. The second kappa shape index (κ2) is 9.54. The van der Waals surface area contributed by atoms with E-state index in [0.29, 0.717) is 0 Å². The summed E-state index contributed by atoms with van der Waals surface area (Å²) in [6.07, 6.45) is 4.23. The van der Waals surface area contributed by atoms with E-state index < -0.39 is 0 Å². The zero-order valence-corrected chi connectivity index (χ0v) is 23.0. The molecule has 0 heterocycles. The molecule has 7 aromatic carbocycles. The highest BCUT2D eigenvalue weighted by Crippen LogP contribution is 2.37. The van der Waals surface area contributed by atoms with Crippen LogP contribution in [-0.2, 0) is 0 Å². The molecule has 0 atom stereocenters. The van der Waals surface area contributed by atoms with Crippen LogP contribution in [0.25, 0.3) is 65.3 Å². The van der Waals surface area contributed by atoms with Gasteiger partial charge in [0.25, 0.3) is 0 Å². The predicted octanol–water partition coefficient (Wildman–Crippen LogP) is 11.1. The van der Waals surface area contributed by atoms with Gasteiger partial charge in [0, 0.05) is 9.79 Å². The maximum atomic E-state index is 2.32. The molecule has 7 rings (SSSR count). The summed E-state index contributed by atoms with van der Waals surface area (Å²) < 4.78 is 0. The van der Waals surface area contributed by atoms with Gasteiger partial charge in [0.1, 0.15) is 0 Å². The SMILES string of the molecule is CSc1ccc(-c2ccc3c(ccc4c3ccc3c5ccc(-c6ccc(SC)cc6)cc5ccc34)c2)cc1. The lowest BCUT2D eigenvalue weighted by Gasteiger charge is -2.12. The van der Waals surface area contributed by atoms with E-state index in [9.17, 15) is 0 Å². The van der Waals surface area contributed by atoms with Crippen molar-refractivity contribution >= 4 is 66.6 Å². The molecule has 0 aliphatic carbocycles. The highest BCUT2D eigenvalue weighted by molar-refractivity contribution is 7.98. The summed E-state index contributed by atoms with van der Waals surface area (Å²) >= 11 is 3.56. The van der Waals surface area contributed by atoms with E-state index in [1.165, 1.54) is 75.1 Å². The lowest BCUT2D eigenvalue weighted by atomic mass is 9.92. The van der Waals surface area contributed by atoms with Gasteiger partial charge in [0.05, 0.1) is 0 Å². The zero-order chi connectivity index (χ0) is 25.6. The molecule has 0 N–H and O–H groups in total. The Balaban J connectivity index is 1.33. The molecule has 0 amide bonds. The molecule has 2 heteroatoms. The molecule has 7 aromatic rings. The summed E-state index contributed by atoms with van der Waals surface area (Å²) in [6.45, 7) is 0. The van der Waals surface area contributed by atoms with Crippen LogP contribution in [0.5, 0.6) is 0 Å². The first-order valence-corrected chi connectivity index (χ1v) is 15.3. The van der Waals surface area contributed by atoms with Crippen LogP contribution in [0.3, 0.4) is 0 Å². The van der Waals surface area contributed by atoms with Crippen LogP contribution in [0.15, 0.2) is 131 Å². The molecule has 38 heavy (non-hydrogen) atoms. The van der Waals surface area contributed by atoms with Gasteiger partial charge in [0.15, 0.2) is 0 Å². The maximum absolute atomic E-state index is 2.32. The largest absolute Gasteiger partial charge is 0.130 e. The van der Waals surface area contributed by atoms with E-state index in [1.54, 1.807) is 23.5 Å². The van der Waals surface area contributed by atoms with Crippen molar-refractivity contribution in [3.63, 3.8) is 0 Å². The monoisotopic (exact) mass is 522 g/mol. The molecule has 0 bridgehead atoms. The molecule has 0 spiro atoms. The first-order valence-electron chi connectivity index (χ1n) is 12.8. The Hall–Kier alpha value is -3.72. The molecule has 0 aromatic heterocycles. The summed E-state index contributed by atoms with van der Waals surface area (Å²) in [5.74, 6) is 0. The van der Waals surface area contributed by atoms with Gasteiger partial charge in [-0.3, -0.25) is 0 Å². The molecule has 0 unspecified atom stereocenters. The van der Waals surface area contributed by atoms with Crippen LogP contribution >= 0.6 is 23.5 Å². The minimum absolute atomic E-state index is 1.26. The molecule has 0 aliphatic heterocycles. The number of rotatable bonds is 4. The molecule has 0 saturated heterocycles. The van der Waals surface area contributed by atoms with Gasteiger partial charge in [-0.25, -0.2) is 0 Å². The molecule has 0 fully saturated rings. The predicted molar refractivity (Wildman–Crippen MR) is 171 cm³/mol. The Morgan fingerprint density at radius 2 is 0.632 bits per heavy atom. The third-order valence-electron chi connectivity index (χ3n) is 7.68. The zero-order valence-electron chi connectivity index (χ0n) is 21.4. The Bertz CT molecular complexity index is 1820. The van der Waals surface area contributed by atoms with Crippen molar-refractivity contribution in [1.82, 2.24) is 0 Å². The molecule has 0 nitrogen and oxygen atoms in total. The van der Waals surface area contributed by atoms with Crippen molar-refractivity contribution in [2.75, 3.05) is 12.5 Å². The van der Waals surface area contributed by atoms with Gasteiger partial charge in [-0.05, 0) is 114 Å². The van der Waals surface area contributed by atoms with Crippen molar-refractivity contribution in [2.45, 2.75) is 9.79 Å². The summed E-state index contributed by atoms with van der Waals surface area (Å²) in [7, 11) is 0. The van der Waals surface area contributed by atoms with Gasteiger partial charge in [0.2, 0.25) is 0 Å². The van der Waals surface area contributed by atoms with Crippen LogP contribution in [0, 0.1) is 0 Å². The molecule has 0 radical (unpaired) electrons. The van der Waals surface area contributed by atoms with Crippen LogP contribution in [0.1, 0.15) is 0 Å². The Labute approximate surface area is 231 Å². The second-order valence-electron chi connectivity index (χ2n) is 9.72. The number of hydrogen-bond donors (Lipinski definition) is 0. The van der Waals surface area contributed by atoms with E-state index in [1.807, 2.05) is 0 Å². The van der Waals surface area contributed by atoms with Crippen molar-refractivity contribution in [2.24, 2.45) is 0 Å². The van der Waals surface area contributed by atoms with Gasteiger partial charge in [-0.1, -0.05) is 84.9 Å². The lowest BCUT2D eigenvalue weighted by Crippen LogP contribution is -1.85. The van der Waals surface area contributed by atoms with Crippen LogP contribution in [0.4, 0.5) is 0 Å². The van der Waals surface area contributed by atoms with E-state index in [0.717, 1.165) is 0 Å². The van der Waals surface area contributed by atoms with Crippen molar-refractivity contribution in [3.8, 4) is 22.3 Å². The standard InChI is InChI=1S/C36H26S2/c1-37-29-11-3-23(4-12-29)25-7-15-31-27(21-25)9-17-35-33(31)19-20-34-32-16-8-26(22-28(32)10-18-36(34)35)24-5-13-30(38-2)14-6-24/h3-22H,1-2H3. The van der Waals surface area contributed by atoms with Gasteiger partial charge in [-0.15, -0.1) is 23.5 Å². The topological polar surface area (TPSA) is 0 Å². The third kappa shape index (κ3) is 3.96. The normalized spacial score (nSPS) is 11.6. The Morgan fingerprint density at radius 1 is 0.316 bits per heavy atom. The first kappa shape index (κ1) is 23.4. The Morgan fingerprint density at radius 3 is 1.03 bits per heavy atom. The van der Waals surface area contributed by atoms with Gasteiger partial charge < -0.3 is 0 Å². The van der Waals surface area contributed by atoms with Crippen LogP contribution < -0.4 is 0 Å². The van der Waals surface area contributed by atoms with Gasteiger partial charge >= 0.3 is 0 Å². The minimum Gasteiger partial charge on any atom is -0.130 e. The number of fused-ring (bicyclic) bond motifs is 7. The van der Waals surface area contributed by atoms with Gasteiger partial charge in [-0.2, -0.15) is 0 Å². The fourth-order valence-electron chi connectivity index (χ4n) is 5.63. The van der Waals surface area contributed by atoms with Crippen molar-refractivity contribution in [3.05, 3.63) is 121 Å². The maximum Gasteiger partial charge on any atom is 0.00695 e. The molecule has 182 valence electrons. The fourth-order valence-corrected chi connectivity index (χ4v) is 6.45. The van der Waals surface area contributed by atoms with Crippen LogP contribution in [0.2, 0.25) is 0 Å². The summed E-state index contributed by atoms with van der Waals surface area (Å²) in [5.41, 5.74) is 5.04. The summed E-state index contributed by atoms with van der Waals surface area (Å²) in [6, 6.07) is 45.2. The van der Waals surface area contributed by atoms with E-state index in [2.05, 4.69) is 134 Å². The average molecular weight is 523 g/mol. The minimum atomic E-state index is 1.26. The van der Waals surface area contributed by atoms with Crippen LogP contribution in [-0.4, -0.2) is 12.5 Å². The Kier molecular flexibility index (Phi) is 5.88. The average Bonchev–Trinajstić information content (AvgIpc) is 3.00. The summed E-state index contributed by atoms with van der Waals surface area (Å²) in [4.78, 5) is 2.59. The highest BCUT2D eigenvalue weighted by Gasteiger charge is 2.10.